The standard InChI is InChI=1S/C15H17Cl2N3O2.ClH/c16-12-5-10(6-13(17)7-12)14(21)19-1-3-20(4-2-19)15(22)11-8-18-9-11;/h5-7,11,18H,1-4,8-9H2;1H. The van der Waals surface area contributed by atoms with E-state index in [1.807, 2.05) is 4.90 Å². The molecule has 23 heavy (non-hydrogen) atoms. The number of carbonyl (C=O) groups is 2. The Bertz CT molecular complexity index is 579. The summed E-state index contributed by atoms with van der Waals surface area (Å²) in [6.45, 7) is 3.76. The van der Waals surface area contributed by atoms with Gasteiger partial charge in [0.25, 0.3) is 5.91 Å². The molecule has 2 heterocycles. The average molecular weight is 379 g/mol. The van der Waals surface area contributed by atoms with Crippen molar-refractivity contribution >= 4 is 47.4 Å². The first-order chi connectivity index (χ1) is 10.5. The summed E-state index contributed by atoms with van der Waals surface area (Å²) in [4.78, 5) is 28.2. The molecule has 1 aromatic carbocycles. The predicted molar refractivity (Wildman–Crippen MR) is 92.6 cm³/mol. The molecular formula is C15H18Cl3N3O2. The van der Waals surface area contributed by atoms with Gasteiger partial charge in [-0.05, 0) is 18.2 Å². The molecule has 0 unspecified atom stereocenters. The zero-order valence-electron chi connectivity index (χ0n) is 12.4. The van der Waals surface area contributed by atoms with Gasteiger partial charge in [0.15, 0.2) is 0 Å². The summed E-state index contributed by atoms with van der Waals surface area (Å²) in [5.74, 6) is 0.201. The molecule has 0 saturated carbocycles. The molecule has 1 aromatic rings. The summed E-state index contributed by atoms with van der Waals surface area (Å²) < 4.78 is 0. The van der Waals surface area contributed by atoms with Crippen molar-refractivity contribution in [3.63, 3.8) is 0 Å². The monoisotopic (exact) mass is 377 g/mol. The molecule has 126 valence electrons. The van der Waals surface area contributed by atoms with Gasteiger partial charge in [0.1, 0.15) is 0 Å². The van der Waals surface area contributed by atoms with Gasteiger partial charge in [0.2, 0.25) is 5.91 Å². The van der Waals surface area contributed by atoms with Crippen LogP contribution in [0.25, 0.3) is 0 Å². The maximum atomic E-state index is 12.5. The van der Waals surface area contributed by atoms with Crippen LogP contribution in [0.1, 0.15) is 10.4 Å². The van der Waals surface area contributed by atoms with Crippen molar-refractivity contribution in [2.75, 3.05) is 39.3 Å². The highest BCUT2D eigenvalue weighted by Crippen LogP contribution is 2.21. The van der Waals surface area contributed by atoms with Gasteiger partial charge in [-0.1, -0.05) is 23.2 Å². The van der Waals surface area contributed by atoms with Gasteiger partial charge in [-0.3, -0.25) is 9.59 Å². The second-order valence-electron chi connectivity index (χ2n) is 5.63. The average Bonchev–Trinajstić information content (AvgIpc) is 2.44. The third-order valence-electron chi connectivity index (χ3n) is 4.12. The van der Waals surface area contributed by atoms with Crippen LogP contribution in [0.4, 0.5) is 0 Å². The molecule has 2 fully saturated rings. The van der Waals surface area contributed by atoms with Crippen molar-refractivity contribution in [2.24, 2.45) is 5.92 Å². The lowest BCUT2D eigenvalue weighted by Crippen LogP contribution is -2.57. The number of benzene rings is 1. The Hall–Kier alpha value is -1.01. The molecule has 0 bridgehead atoms. The topological polar surface area (TPSA) is 52.7 Å². The van der Waals surface area contributed by atoms with Crippen LogP contribution >= 0.6 is 35.6 Å². The summed E-state index contributed by atoms with van der Waals surface area (Å²) in [5.41, 5.74) is 0.487. The minimum Gasteiger partial charge on any atom is -0.339 e. The fourth-order valence-corrected chi connectivity index (χ4v) is 3.24. The number of amides is 2. The second-order valence-corrected chi connectivity index (χ2v) is 6.50. The van der Waals surface area contributed by atoms with Gasteiger partial charge in [0.05, 0.1) is 5.92 Å². The van der Waals surface area contributed by atoms with Crippen LogP contribution in [0, 0.1) is 5.92 Å². The van der Waals surface area contributed by atoms with E-state index in [-0.39, 0.29) is 30.1 Å². The maximum Gasteiger partial charge on any atom is 0.254 e. The highest BCUT2D eigenvalue weighted by Gasteiger charge is 2.32. The third-order valence-corrected chi connectivity index (χ3v) is 4.56. The molecule has 2 aliphatic rings. The van der Waals surface area contributed by atoms with Crippen LogP contribution < -0.4 is 5.32 Å². The van der Waals surface area contributed by atoms with Gasteiger partial charge in [-0.25, -0.2) is 0 Å². The number of rotatable bonds is 2. The molecule has 1 N–H and O–H groups in total. The smallest absolute Gasteiger partial charge is 0.254 e. The van der Waals surface area contributed by atoms with Crippen LogP contribution in [0.5, 0.6) is 0 Å². The summed E-state index contributed by atoms with van der Waals surface area (Å²) in [7, 11) is 0. The van der Waals surface area contributed by atoms with Crippen molar-refractivity contribution in [2.45, 2.75) is 0 Å². The van der Waals surface area contributed by atoms with Crippen molar-refractivity contribution in [3.8, 4) is 0 Å². The Balaban J connectivity index is 0.00000192. The first kappa shape index (κ1) is 18.3. The van der Waals surface area contributed by atoms with Crippen molar-refractivity contribution < 1.29 is 9.59 Å². The molecule has 8 heteroatoms. The van der Waals surface area contributed by atoms with Crippen molar-refractivity contribution in [3.05, 3.63) is 33.8 Å². The normalized spacial score (nSPS) is 18.2. The molecule has 0 aliphatic carbocycles. The molecule has 2 amide bonds. The first-order valence-electron chi connectivity index (χ1n) is 7.29. The summed E-state index contributed by atoms with van der Waals surface area (Å²) in [6.07, 6.45) is 0. The van der Waals surface area contributed by atoms with Gasteiger partial charge in [-0.2, -0.15) is 0 Å². The van der Waals surface area contributed by atoms with E-state index in [0.29, 0.717) is 41.8 Å². The third kappa shape index (κ3) is 4.10. The summed E-state index contributed by atoms with van der Waals surface area (Å²) in [5, 5.41) is 4.00. The van der Waals surface area contributed by atoms with Gasteiger partial charge in [-0.15, -0.1) is 12.4 Å². The minimum absolute atomic E-state index is 0. The SMILES string of the molecule is Cl.O=C(c1cc(Cl)cc(Cl)c1)N1CCN(C(=O)C2CNC2)CC1. The molecule has 0 spiro atoms. The molecule has 5 nitrogen and oxygen atoms in total. The van der Waals surface area contributed by atoms with Crippen LogP contribution in [0.15, 0.2) is 18.2 Å². The number of nitrogens with zero attached hydrogens (tertiary/aromatic N) is 2. The molecule has 2 saturated heterocycles. The number of carbonyl (C=O) groups excluding carboxylic acids is 2. The molecular weight excluding hydrogens is 361 g/mol. The van der Waals surface area contributed by atoms with Crippen LogP contribution in [0.3, 0.4) is 0 Å². The van der Waals surface area contributed by atoms with E-state index in [9.17, 15) is 9.59 Å². The Morgan fingerprint density at radius 2 is 1.48 bits per heavy atom. The summed E-state index contributed by atoms with van der Waals surface area (Å²) in [6, 6.07) is 4.84. The minimum atomic E-state index is -0.0955. The summed E-state index contributed by atoms with van der Waals surface area (Å²) >= 11 is 11.9. The van der Waals surface area contributed by atoms with Crippen LogP contribution in [0.2, 0.25) is 10.0 Å². The van der Waals surface area contributed by atoms with Crippen LogP contribution in [-0.2, 0) is 4.79 Å². The van der Waals surface area contributed by atoms with E-state index >= 15 is 0 Å². The number of piperazine rings is 1. The molecule has 0 aromatic heterocycles. The van der Waals surface area contributed by atoms with E-state index in [1.165, 1.54) is 0 Å². The van der Waals surface area contributed by atoms with E-state index < -0.39 is 0 Å². The van der Waals surface area contributed by atoms with E-state index in [2.05, 4.69) is 5.32 Å². The molecule has 2 aliphatic heterocycles. The molecule has 0 atom stereocenters. The number of nitrogens with one attached hydrogen (secondary N) is 1. The van der Waals surface area contributed by atoms with E-state index in [0.717, 1.165) is 13.1 Å². The quantitative estimate of drug-likeness (QED) is 0.855. The zero-order valence-corrected chi connectivity index (χ0v) is 14.8. The fourth-order valence-electron chi connectivity index (χ4n) is 2.71. The first-order valence-corrected chi connectivity index (χ1v) is 8.05. The van der Waals surface area contributed by atoms with Crippen molar-refractivity contribution in [1.29, 1.82) is 0 Å². The van der Waals surface area contributed by atoms with Gasteiger partial charge in [0, 0.05) is 54.9 Å². The lowest BCUT2D eigenvalue weighted by atomic mass is 10.0. The maximum absolute atomic E-state index is 12.5. The van der Waals surface area contributed by atoms with Gasteiger partial charge < -0.3 is 15.1 Å². The Morgan fingerprint density at radius 3 is 1.96 bits per heavy atom. The lowest BCUT2D eigenvalue weighted by Gasteiger charge is -2.38. The highest BCUT2D eigenvalue weighted by molar-refractivity contribution is 6.35. The lowest BCUT2D eigenvalue weighted by molar-refractivity contribution is -0.138. The fraction of sp³-hybridized carbons (Fsp3) is 0.467. The van der Waals surface area contributed by atoms with E-state index in [1.54, 1.807) is 23.1 Å². The second kappa shape index (κ2) is 7.71. The van der Waals surface area contributed by atoms with E-state index in [4.69, 9.17) is 23.2 Å². The number of hydrogen-bond donors (Lipinski definition) is 1. The Kier molecular flexibility index (Phi) is 6.14. The highest BCUT2D eigenvalue weighted by atomic mass is 35.5. The Morgan fingerprint density at radius 1 is 0.957 bits per heavy atom. The molecule has 0 radical (unpaired) electrons. The number of halogens is 3. The van der Waals surface area contributed by atoms with Crippen molar-refractivity contribution in [1.82, 2.24) is 15.1 Å². The Labute approximate surface area is 151 Å². The largest absolute Gasteiger partial charge is 0.339 e. The van der Waals surface area contributed by atoms with Crippen LogP contribution in [-0.4, -0.2) is 60.9 Å². The molecule has 3 rings (SSSR count). The predicted octanol–water partition coefficient (Wildman–Crippen LogP) is 1.92. The number of hydrogen-bond acceptors (Lipinski definition) is 3. The zero-order chi connectivity index (χ0) is 15.7. The van der Waals surface area contributed by atoms with Gasteiger partial charge >= 0.3 is 0 Å².